The Morgan fingerprint density at radius 3 is 0.738 bits per heavy atom. The molecular formula is C32H20Br2F6N2. The minimum Gasteiger partial charge on any atom is -0.311 e. The number of halogens is 8. The van der Waals surface area contributed by atoms with Crippen LogP contribution in [0.15, 0.2) is 130 Å². The third-order valence-electron chi connectivity index (χ3n) is 6.44. The molecule has 0 unspecified atom stereocenters. The van der Waals surface area contributed by atoms with Gasteiger partial charge in [0, 0.05) is 43.1 Å². The number of rotatable bonds is 6. The molecule has 0 aliphatic rings. The molecule has 0 radical (unpaired) electrons. The van der Waals surface area contributed by atoms with Crippen molar-refractivity contribution in [2.24, 2.45) is 0 Å². The zero-order valence-electron chi connectivity index (χ0n) is 21.5. The molecule has 0 saturated heterocycles. The van der Waals surface area contributed by atoms with Crippen molar-refractivity contribution in [1.82, 2.24) is 0 Å². The van der Waals surface area contributed by atoms with Crippen LogP contribution in [-0.2, 0) is 12.4 Å². The Morgan fingerprint density at radius 2 is 0.524 bits per heavy atom. The number of hydrogen-bond donors (Lipinski definition) is 0. The SMILES string of the molecule is FC(F)(F)c1ccc(N(c2ccc(Br)cc2)c2ccc(N(c3ccc(Br)cc3)c3ccc(C(F)(F)F)cc3)cc2)cc1. The Balaban J connectivity index is 1.57. The number of benzene rings is 5. The second kappa shape index (κ2) is 11.9. The highest BCUT2D eigenvalue weighted by molar-refractivity contribution is 9.10. The summed E-state index contributed by atoms with van der Waals surface area (Å²) < 4.78 is 81.1. The van der Waals surface area contributed by atoms with Gasteiger partial charge in [-0.1, -0.05) is 31.9 Å². The van der Waals surface area contributed by atoms with E-state index >= 15 is 0 Å². The van der Waals surface area contributed by atoms with Crippen LogP contribution in [-0.4, -0.2) is 0 Å². The Hall–Kier alpha value is -3.76. The van der Waals surface area contributed by atoms with Gasteiger partial charge in [0.05, 0.1) is 11.1 Å². The minimum absolute atomic E-state index is 0.519. The summed E-state index contributed by atoms with van der Waals surface area (Å²) in [4.78, 5) is 3.64. The predicted octanol–water partition coefficient (Wildman–Crippen LogP) is 12.2. The molecule has 0 heterocycles. The molecule has 5 aromatic rings. The van der Waals surface area contributed by atoms with Gasteiger partial charge in [-0.2, -0.15) is 26.3 Å². The Morgan fingerprint density at radius 1 is 0.333 bits per heavy atom. The van der Waals surface area contributed by atoms with Crippen molar-refractivity contribution < 1.29 is 26.3 Å². The molecule has 0 N–H and O–H groups in total. The van der Waals surface area contributed by atoms with E-state index in [9.17, 15) is 26.3 Å². The summed E-state index contributed by atoms with van der Waals surface area (Å²) >= 11 is 6.83. The van der Waals surface area contributed by atoms with E-state index < -0.39 is 23.5 Å². The van der Waals surface area contributed by atoms with Gasteiger partial charge in [-0.3, -0.25) is 0 Å². The van der Waals surface area contributed by atoms with Crippen LogP contribution in [0.3, 0.4) is 0 Å². The first-order chi connectivity index (χ1) is 19.9. The highest BCUT2D eigenvalue weighted by Crippen LogP contribution is 2.41. The van der Waals surface area contributed by atoms with Crippen molar-refractivity contribution in [3.05, 3.63) is 141 Å². The van der Waals surface area contributed by atoms with E-state index in [-0.39, 0.29) is 0 Å². The first-order valence-electron chi connectivity index (χ1n) is 12.5. The van der Waals surface area contributed by atoms with Crippen LogP contribution in [0, 0.1) is 0 Å². The summed E-state index contributed by atoms with van der Waals surface area (Å²) in [5.41, 5.74) is 2.32. The van der Waals surface area contributed by atoms with Gasteiger partial charge >= 0.3 is 12.4 Å². The van der Waals surface area contributed by atoms with Crippen molar-refractivity contribution in [2.75, 3.05) is 9.80 Å². The highest BCUT2D eigenvalue weighted by Gasteiger charge is 2.31. The maximum Gasteiger partial charge on any atom is 0.416 e. The molecule has 0 aliphatic carbocycles. The quantitative estimate of drug-likeness (QED) is 0.162. The van der Waals surface area contributed by atoms with Crippen LogP contribution < -0.4 is 9.80 Å². The molecule has 5 aromatic carbocycles. The van der Waals surface area contributed by atoms with E-state index in [4.69, 9.17) is 0 Å². The van der Waals surface area contributed by atoms with Gasteiger partial charge in [0.1, 0.15) is 0 Å². The zero-order chi connectivity index (χ0) is 30.1. The summed E-state index contributed by atoms with van der Waals surface area (Å²) in [6.07, 6.45) is -8.92. The van der Waals surface area contributed by atoms with Crippen molar-refractivity contribution in [3.8, 4) is 0 Å². The molecule has 214 valence electrons. The molecule has 10 heteroatoms. The van der Waals surface area contributed by atoms with Crippen LogP contribution in [0.5, 0.6) is 0 Å². The minimum atomic E-state index is -4.46. The number of anilines is 6. The monoisotopic (exact) mass is 704 g/mol. The lowest BCUT2D eigenvalue weighted by molar-refractivity contribution is -0.138. The third kappa shape index (κ3) is 6.65. The molecule has 2 nitrogen and oxygen atoms in total. The average molecular weight is 706 g/mol. The smallest absolute Gasteiger partial charge is 0.311 e. The molecule has 0 atom stereocenters. The third-order valence-corrected chi connectivity index (χ3v) is 7.50. The Labute approximate surface area is 255 Å². The number of nitrogens with zero attached hydrogens (tertiary/aromatic N) is 2. The lowest BCUT2D eigenvalue weighted by atomic mass is 10.1. The van der Waals surface area contributed by atoms with Gasteiger partial charge in [-0.05, 0) is 121 Å². The molecule has 0 spiro atoms. The van der Waals surface area contributed by atoms with Crippen molar-refractivity contribution in [2.45, 2.75) is 12.4 Å². The Kier molecular flexibility index (Phi) is 8.39. The van der Waals surface area contributed by atoms with Gasteiger partial charge < -0.3 is 9.80 Å². The van der Waals surface area contributed by atoms with Crippen LogP contribution in [0.4, 0.5) is 60.5 Å². The van der Waals surface area contributed by atoms with Gasteiger partial charge in [-0.15, -0.1) is 0 Å². The largest absolute Gasteiger partial charge is 0.416 e. The maximum absolute atomic E-state index is 13.2. The molecule has 5 rings (SSSR count). The first kappa shape index (κ1) is 29.7. The van der Waals surface area contributed by atoms with Crippen LogP contribution in [0.25, 0.3) is 0 Å². The van der Waals surface area contributed by atoms with Crippen LogP contribution >= 0.6 is 31.9 Å². The topological polar surface area (TPSA) is 6.48 Å². The van der Waals surface area contributed by atoms with Gasteiger partial charge in [0.15, 0.2) is 0 Å². The normalized spacial score (nSPS) is 11.8. The van der Waals surface area contributed by atoms with E-state index in [1.807, 2.05) is 82.6 Å². The molecule has 0 aliphatic heterocycles. The van der Waals surface area contributed by atoms with E-state index in [1.165, 1.54) is 24.3 Å². The fraction of sp³-hybridized carbons (Fsp3) is 0.0625. The van der Waals surface area contributed by atoms with Crippen molar-refractivity contribution in [3.63, 3.8) is 0 Å². The van der Waals surface area contributed by atoms with Gasteiger partial charge in [-0.25, -0.2) is 0 Å². The summed E-state index contributed by atoms with van der Waals surface area (Å²) in [6, 6.07) is 31.7. The molecule has 0 bridgehead atoms. The van der Waals surface area contributed by atoms with Gasteiger partial charge in [0.2, 0.25) is 0 Å². The summed E-state index contributed by atoms with van der Waals surface area (Å²) in [6.45, 7) is 0. The molecule has 42 heavy (non-hydrogen) atoms. The molecule has 0 aromatic heterocycles. The van der Waals surface area contributed by atoms with Crippen molar-refractivity contribution >= 4 is 66.0 Å². The number of alkyl halides is 6. The van der Waals surface area contributed by atoms with Crippen LogP contribution in [0.2, 0.25) is 0 Å². The standard InChI is InChI=1S/C32H20Br2F6N2/c33-23-5-13-27(14-6-23)41(25-9-1-21(2-10-25)31(35,36)37)29-17-19-30(20-18-29)42(28-15-7-24(34)8-16-28)26-11-3-22(4-12-26)32(38,39)40/h1-20H. The first-order valence-corrected chi connectivity index (χ1v) is 14.0. The fourth-order valence-corrected chi connectivity index (χ4v) is 4.95. The highest BCUT2D eigenvalue weighted by atomic mass is 79.9. The summed E-state index contributed by atoms with van der Waals surface area (Å²) in [7, 11) is 0. The van der Waals surface area contributed by atoms with E-state index in [0.717, 1.165) is 44.6 Å². The molecular weight excluding hydrogens is 686 g/mol. The molecule has 0 saturated carbocycles. The molecule has 0 fully saturated rings. The van der Waals surface area contributed by atoms with Crippen LogP contribution in [0.1, 0.15) is 11.1 Å². The van der Waals surface area contributed by atoms with E-state index in [0.29, 0.717) is 22.7 Å². The Bertz CT molecular complexity index is 1510. The lowest BCUT2D eigenvalue weighted by Crippen LogP contribution is -2.13. The van der Waals surface area contributed by atoms with Crippen molar-refractivity contribution in [1.29, 1.82) is 0 Å². The number of hydrogen-bond acceptors (Lipinski definition) is 2. The average Bonchev–Trinajstić information content (AvgIpc) is 2.96. The summed E-state index contributed by atoms with van der Waals surface area (Å²) in [5, 5.41) is 0. The maximum atomic E-state index is 13.2. The van der Waals surface area contributed by atoms with E-state index in [2.05, 4.69) is 31.9 Å². The second-order valence-corrected chi connectivity index (χ2v) is 11.1. The lowest BCUT2D eigenvalue weighted by Gasteiger charge is -2.28. The van der Waals surface area contributed by atoms with E-state index in [1.54, 1.807) is 0 Å². The van der Waals surface area contributed by atoms with Gasteiger partial charge in [0.25, 0.3) is 0 Å². The zero-order valence-corrected chi connectivity index (χ0v) is 24.6. The second-order valence-electron chi connectivity index (χ2n) is 9.23. The predicted molar refractivity (Wildman–Crippen MR) is 161 cm³/mol. The summed E-state index contributed by atoms with van der Waals surface area (Å²) in [5.74, 6) is 0. The molecule has 0 amide bonds. The fourth-order valence-electron chi connectivity index (χ4n) is 4.42.